The number of carbonyl (C=O) groups excluding carboxylic acids is 1. The fourth-order valence-electron chi connectivity index (χ4n) is 3.25. The Morgan fingerprint density at radius 3 is 2.52 bits per heavy atom. The molecule has 0 aliphatic heterocycles. The van der Waals surface area contributed by atoms with Crippen LogP contribution < -0.4 is 10.9 Å². The van der Waals surface area contributed by atoms with Crippen LogP contribution in [0.2, 0.25) is 0 Å². The minimum atomic E-state index is -0.749. The summed E-state index contributed by atoms with van der Waals surface area (Å²) in [4.78, 5) is 31.9. The third-order valence-electron chi connectivity index (χ3n) is 4.78. The molecule has 0 bridgehead atoms. The molecule has 146 valence electrons. The highest BCUT2D eigenvalue weighted by molar-refractivity contribution is 7.19. The molecule has 0 radical (unpaired) electrons. The number of amides is 1. The molecule has 1 atom stereocenters. The first-order valence-electron chi connectivity index (χ1n) is 9.08. The first-order valence-corrected chi connectivity index (χ1v) is 9.89. The summed E-state index contributed by atoms with van der Waals surface area (Å²) >= 11 is 1.40. The second-order valence-corrected chi connectivity index (χ2v) is 7.91. The van der Waals surface area contributed by atoms with Gasteiger partial charge < -0.3 is 5.32 Å². The number of fused-ring (bicyclic) bond motifs is 1. The molecule has 5 nitrogen and oxygen atoms in total. The number of para-hydroxylation sites is 1. The number of aromatic nitrogens is 2. The summed E-state index contributed by atoms with van der Waals surface area (Å²) in [7, 11) is 0. The summed E-state index contributed by atoms with van der Waals surface area (Å²) in [5.41, 5.74) is 1.83. The number of nitrogens with zero attached hydrogens (tertiary/aromatic N) is 2. The summed E-state index contributed by atoms with van der Waals surface area (Å²) in [6, 6.07) is 14.3. The molecule has 0 aliphatic rings. The maximum absolute atomic E-state index is 13.3. The largest absolute Gasteiger partial charge is 0.324 e. The van der Waals surface area contributed by atoms with E-state index in [-0.39, 0.29) is 17.3 Å². The second-order valence-electron chi connectivity index (χ2n) is 6.71. The van der Waals surface area contributed by atoms with Gasteiger partial charge in [0.05, 0.1) is 11.7 Å². The molecule has 4 rings (SSSR count). The highest BCUT2D eigenvalue weighted by atomic mass is 32.1. The highest BCUT2D eigenvalue weighted by Gasteiger charge is 2.22. The van der Waals surface area contributed by atoms with Crippen LogP contribution in [0, 0.1) is 12.7 Å². The van der Waals surface area contributed by atoms with Crippen molar-refractivity contribution >= 4 is 33.1 Å². The van der Waals surface area contributed by atoms with E-state index in [1.165, 1.54) is 34.4 Å². The fourth-order valence-corrected chi connectivity index (χ4v) is 4.25. The third kappa shape index (κ3) is 3.56. The summed E-state index contributed by atoms with van der Waals surface area (Å²) < 4.78 is 14.7. The van der Waals surface area contributed by atoms with E-state index in [1.807, 2.05) is 25.1 Å². The van der Waals surface area contributed by atoms with Crippen LogP contribution in [0.25, 0.3) is 21.3 Å². The van der Waals surface area contributed by atoms with Crippen molar-refractivity contribution in [2.24, 2.45) is 0 Å². The van der Waals surface area contributed by atoms with Gasteiger partial charge in [0.2, 0.25) is 5.91 Å². The van der Waals surface area contributed by atoms with E-state index < -0.39 is 6.04 Å². The zero-order valence-electron chi connectivity index (χ0n) is 15.8. The van der Waals surface area contributed by atoms with Gasteiger partial charge in [-0.05, 0) is 43.7 Å². The van der Waals surface area contributed by atoms with Gasteiger partial charge >= 0.3 is 0 Å². The van der Waals surface area contributed by atoms with Gasteiger partial charge in [0.15, 0.2) is 0 Å². The van der Waals surface area contributed by atoms with Gasteiger partial charge in [0.1, 0.15) is 16.7 Å². The average molecular weight is 407 g/mol. The Morgan fingerprint density at radius 2 is 1.83 bits per heavy atom. The Balaban J connectivity index is 1.77. The number of aryl methyl sites for hydroxylation is 1. The lowest BCUT2D eigenvalue weighted by molar-refractivity contribution is -0.118. The van der Waals surface area contributed by atoms with Gasteiger partial charge in [-0.2, -0.15) is 0 Å². The number of hydrogen-bond acceptors (Lipinski definition) is 4. The number of benzene rings is 2. The Labute approximate surface area is 170 Å². The van der Waals surface area contributed by atoms with E-state index in [0.717, 1.165) is 16.0 Å². The minimum absolute atomic E-state index is 0.297. The number of nitrogens with one attached hydrogen (secondary N) is 1. The fraction of sp³-hybridized carbons (Fsp3) is 0.136. The molecule has 7 heteroatoms. The summed E-state index contributed by atoms with van der Waals surface area (Å²) in [6.45, 7) is 3.56. The zero-order valence-corrected chi connectivity index (χ0v) is 16.7. The van der Waals surface area contributed by atoms with E-state index in [9.17, 15) is 14.0 Å². The standard InChI is InChI=1S/C22H18FN3O2S/c1-13(20(27)25-17-6-4-3-5-7-17)26-12-24-21-19(22(26)28)18(14(2)29-21)15-8-10-16(23)11-9-15/h3-13H,1-2H3,(H,25,27). The van der Waals surface area contributed by atoms with Crippen molar-refractivity contribution in [1.82, 2.24) is 9.55 Å². The van der Waals surface area contributed by atoms with Crippen molar-refractivity contribution in [2.45, 2.75) is 19.9 Å². The van der Waals surface area contributed by atoms with Crippen molar-refractivity contribution in [3.05, 3.63) is 82.0 Å². The van der Waals surface area contributed by atoms with Crippen LogP contribution in [0.15, 0.2) is 65.7 Å². The van der Waals surface area contributed by atoms with Crippen molar-refractivity contribution in [2.75, 3.05) is 5.32 Å². The molecule has 4 aromatic rings. The number of hydrogen-bond donors (Lipinski definition) is 1. The Bertz CT molecular complexity index is 1250. The van der Waals surface area contributed by atoms with Crippen LogP contribution in [0.5, 0.6) is 0 Å². The molecule has 0 aliphatic carbocycles. The van der Waals surface area contributed by atoms with E-state index in [1.54, 1.807) is 31.2 Å². The normalized spacial score (nSPS) is 12.1. The first kappa shape index (κ1) is 19.0. The maximum atomic E-state index is 13.3. The maximum Gasteiger partial charge on any atom is 0.263 e. The molecule has 1 N–H and O–H groups in total. The summed E-state index contributed by atoms with van der Waals surface area (Å²) in [5, 5.41) is 3.25. The van der Waals surface area contributed by atoms with E-state index >= 15 is 0 Å². The number of thiophene rings is 1. The highest BCUT2D eigenvalue weighted by Crippen LogP contribution is 2.35. The molecule has 0 fully saturated rings. The average Bonchev–Trinajstić information content (AvgIpc) is 3.06. The SMILES string of the molecule is Cc1sc2ncn(C(C)C(=O)Nc3ccccc3)c(=O)c2c1-c1ccc(F)cc1. The number of anilines is 1. The molecule has 0 spiro atoms. The van der Waals surface area contributed by atoms with Crippen LogP contribution in [0.1, 0.15) is 17.8 Å². The molecule has 0 saturated heterocycles. The lowest BCUT2D eigenvalue weighted by Crippen LogP contribution is -2.31. The zero-order chi connectivity index (χ0) is 20.5. The quantitative estimate of drug-likeness (QED) is 0.530. The molecule has 2 aromatic carbocycles. The number of carbonyl (C=O) groups is 1. The van der Waals surface area contributed by atoms with Crippen molar-refractivity contribution in [3.63, 3.8) is 0 Å². The Morgan fingerprint density at radius 1 is 1.14 bits per heavy atom. The van der Waals surface area contributed by atoms with Crippen molar-refractivity contribution in [3.8, 4) is 11.1 Å². The molecule has 0 saturated carbocycles. The van der Waals surface area contributed by atoms with Gasteiger partial charge in [-0.3, -0.25) is 14.2 Å². The van der Waals surface area contributed by atoms with Gasteiger partial charge in [-0.1, -0.05) is 30.3 Å². The van der Waals surface area contributed by atoms with E-state index in [0.29, 0.717) is 15.9 Å². The van der Waals surface area contributed by atoms with Crippen LogP contribution in [0.3, 0.4) is 0 Å². The second kappa shape index (κ2) is 7.60. The van der Waals surface area contributed by atoms with Gasteiger partial charge in [0.25, 0.3) is 5.56 Å². The third-order valence-corrected chi connectivity index (χ3v) is 5.80. The van der Waals surface area contributed by atoms with Crippen molar-refractivity contribution < 1.29 is 9.18 Å². The molecule has 1 unspecified atom stereocenters. The Hall–Kier alpha value is -3.32. The first-order chi connectivity index (χ1) is 14.0. The smallest absolute Gasteiger partial charge is 0.263 e. The number of halogens is 1. The predicted molar refractivity (Wildman–Crippen MR) is 114 cm³/mol. The summed E-state index contributed by atoms with van der Waals surface area (Å²) in [5.74, 6) is -0.651. The van der Waals surface area contributed by atoms with Crippen LogP contribution in [-0.4, -0.2) is 15.5 Å². The lowest BCUT2D eigenvalue weighted by atomic mass is 10.0. The molecule has 2 aromatic heterocycles. The molecule has 2 heterocycles. The topological polar surface area (TPSA) is 64.0 Å². The Kier molecular flexibility index (Phi) is 4.98. The lowest BCUT2D eigenvalue weighted by Gasteiger charge is -2.15. The van der Waals surface area contributed by atoms with Crippen LogP contribution in [-0.2, 0) is 4.79 Å². The minimum Gasteiger partial charge on any atom is -0.324 e. The van der Waals surface area contributed by atoms with Crippen LogP contribution >= 0.6 is 11.3 Å². The molecule has 1 amide bonds. The molecular formula is C22H18FN3O2S. The number of rotatable bonds is 4. The molecular weight excluding hydrogens is 389 g/mol. The summed E-state index contributed by atoms with van der Waals surface area (Å²) in [6.07, 6.45) is 1.41. The van der Waals surface area contributed by atoms with Gasteiger partial charge in [0, 0.05) is 16.1 Å². The van der Waals surface area contributed by atoms with E-state index in [2.05, 4.69) is 10.3 Å². The van der Waals surface area contributed by atoms with Gasteiger partial charge in [-0.15, -0.1) is 11.3 Å². The molecule has 29 heavy (non-hydrogen) atoms. The van der Waals surface area contributed by atoms with Crippen molar-refractivity contribution in [1.29, 1.82) is 0 Å². The van der Waals surface area contributed by atoms with Crippen LogP contribution in [0.4, 0.5) is 10.1 Å². The van der Waals surface area contributed by atoms with E-state index in [4.69, 9.17) is 0 Å². The monoisotopic (exact) mass is 407 g/mol. The van der Waals surface area contributed by atoms with Gasteiger partial charge in [-0.25, -0.2) is 9.37 Å². The predicted octanol–water partition coefficient (Wildman–Crippen LogP) is 4.77.